The average Bonchev–Trinajstić information content (AvgIpc) is 2.41. The van der Waals surface area contributed by atoms with E-state index in [-0.39, 0.29) is 6.42 Å². The summed E-state index contributed by atoms with van der Waals surface area (Å²) < 4.78 is 31.8. The van der Waals surface area contributed by atoms with Crippen LogP contribution < -0.4 is 4.74 Å². The lowest BCUT2D eigenvalue weighted by Crippen LogP contribution is -2.02. The van der Waals surface area contributed by atoms with E-state index in [2.05, 4.69) is 0 Å². The molecule has 1 unspecified atom stereocenters. The number of hydrogen-bond donors (Lipinski definition) is 0. The van der Waals surface area contributed by atoms with Crippen LogP contribution in [0, 0.1) is 18.6 Å². The van der Waals surface area contributed by atoms with Gasteiger partial charge in [0.25, 0.3) is 0 Å². The molecule has 0 fully saturated rings. The van der Waals surface area contributed by atoms with Gasteiger partial charge in [0.1, 0.15) is 17.4 Å². The zero-order valence-electron chi connectivity index (χ0n) is 11.3. The molecule has 0 aromatic heterocycles. The van der Waals surface area contributed by atoms with E-state index in [4.69, 9.17) is 16.3 Å². The van der Waals surface area contributed by atoms with E-state index >= 15 is 0 Å². The van der Waals surface area contributed by atoms with Crippen molar-refractivity contribution in [3.8, 4) is 5.75 Å². The summed E-state index contributed by atoms with van der Waals surface area (Å²) in [5.74, 6) is -0.508. The second-order valence-corrected chi connectivity index (χ2v) is 5.18. The minimum Gasteiger partial charge on any atom is -0.496 e. The van der Waals surface area contributed by atoms with Crippen molar-refractivity contribution >= 4 is 11.6 Å². The zero-order valence-corrected chi connectivity index (χ0v) is 12.0. The molecule has 0 saturated carbocycles. The number of aryl methyl sites for hydroxylation is 1. The molecule has 0 N–H and O–H groups in total. The molecule has 0 aliphatic rings. The van der Waals surface area contributed by atoms with E-state index in [0.29, 0.717) is 11.3 Å². The predicted octanol–water partition coefficient (Wildman–Crippen LogP) is 4.80. The summed E-state index contributed by atoms with van der Waals surface area (Å²) in [6.45, 7) is 1.95. The van der Waals surface area contributed by atoms with Crippen molar-refractivity contribution in [2.24, 2.45) is 0 Å². The number of ether oxygens (including phenoxy) is 1. The van der Waals surface area contributed by atoms with Crippen LogP contribution in [0.3, 0.4) is 0 Å². The summed E-state index contributed by atoms with van der Waals surface area (Å²) in [6.07, 6.45) is 0.271. The third kappa shape index (κ3) is 3.28. The summed E-state index contributed by atoms with van der Waals surface area (Å²) in [7, 11) is 1.57. The van der Waals surface area contributed by atoms with E-state index < -0.39 is 17.0 Å². The molecule has 4 heteroatoms. The summed E-state index contributed by atoms with van der Waals surface area (Å²) in [5, 5.41) is -0.440. The van der Waals surface area contributed by atoms with Crippen molar-refractivity contribution < 1.29 is 13.5 Å². The van der Waals surface area contributed by atoms with Gasteiger partial charge < -0.3 is 4.74 Å². The Hall–Kier alpha value is -1.61. The number of hydrogen-bond acceptors (Lipinski definition) is 1. The molecule has 106 valence electrons. The lowest BCUT2D eigenvalue weighted by molar-refractivity contribution is 0.408. The monoisotopic (exact) mass is 296 g/mol. The molecule has 0 heterocycles. The molecule has 2 aromatic rings. The highest BCUT2D eigenvalue weighted by atomic mass is 35.5. The highest BCUT2D eigenvalue weighted by molar-refractivity contribution is 6.21. The fourth-order valence-corrected chi connectivity index (χ4v) is 2.43. The highest BCUT2D eigenvalue weighted by Crippen LogP contribution is 2.33. The summed E-state index contributed by atoms with van der Waals surface area (Å²) in [5.41, 5.74) is 2.24. The Labute approximate surface area is 122 Å². The van der Waals surface area contributed by atoms with E-state index in [1.807, 2.05) is 25.1 Å². The van der Waals surface area contributed by atoms with Gasteiger partial charge in [-0.05, 0) is 31.0 Å². The summed E-state index contributed by atoms with van der Waals surface area (Å²) in [6, 6.07) is 9.19. The Morgan fingerprint density at radius 1 is 1.15 bits per heavy atom. The van der Waals surface area contributed by atoms with Gasteiger partial charge >= 0.3 is 0 Å². The molecule has 0 spiro atoms. The summed E-state index contributed by atoms with van der Waals surface area (Å²) in [4.78, 5) is 0. The number of alkyl halides is 1. The molecule has 0 bridgehead atoms. The minimum atomic E-state index is -0.592. The predicted molar refractivity (Wildman–Crippen MR) is 76.4 cm³/mol. The second-order valence-electron chi connectivity index (χ2n) is 4.65. The lowest BCUT2D eigenvalue weighted by Gasteiger charge is -2.15. The van der Waals surface area contributed by atoms with Crippen molar-refractivity contribution in [2.75, 3.05) is 7.11 Å². The number of rotatable bonds is 4. The number of methoxy groups -OCH3 is 1. The molecule has 0 aliphatic heterocycles. The van der Waals surface area contributed by atoms with Crippen LogP contribution in [0.15, 0.2) is 36.4 Å². The maximum Gasteiger partial charge on any atom is 0.129 e. The van der Waals surface area contributed by atoms with Gasteiger partial charge in [0.05, 0.1) is 12.5 Å². The molecular weight excluding hydrogens is 282 g/mol. The lowest BCUT2D eigenvalue weighted by atomic mass is 10.0. The van der Waals surface area contributed by atoms with Crippen molar-refractivity contribution in [3.63, 3.8) is 0 Å². The van der Waals surface area contributed by atoms with E-state index in [9.17, 15) is 8.78 Å². The molecule has 1 atom stereocenters. The molecule has 0 amide bonds. The van der Waals surface area contributed by atoms with Crippen LogP contribution >= 0.6 is 11.6 Å². The molecular formula is C16H15ClF2O. The van der Waals surface area contributed by atoms with Crippen LogP contribution in [0.2, 0.25) is 0 Å². The van der Waals surface area contributed by atoms with Crippen molar-refractivity contribution in [3.05, 3.63) is 64.7 Å². The van der Waals surface area contributed by atoms with Crippen molar-refractivity contribution in [1.29, 1.82) is 0 Å². The molecule has 0 saturated heterocycles. The fourth-order valence-electron chi connectivity index (χ4n) is 2.09. The maximum absolute atomic E-state index is 13.7. The fraction of sp³-hybridized carbons (Fsp3) is 0.250. The third-order valence-corrected chi connectivity index (χ3v) is 3.53. The standard InChI is InChI=1S/C16H15ClF2O/c1-10-3-6-16(20-2)13(7-10)14(17)8-11-4-5-12(18)9-15(11)19/h3-7,9,14H,8H2,1-2H3. The first-order valence-corrected chi connectivity index (χ1v) is 6.67. The molecule has 1 nitrogen and oxygen atoms in total. The first-order valence-electron chi connectivity index (χ1n) is 6.24. The van der Waals surface area contributed by atoms with Gasteiger partial charge in [0.2, 0.25) is 0 Å². The van der Waals surface area contributed by atoms with Gasteiger partial charge in [-0.25, -0.2) is 8.78 Å². The van der Waals surface area contributed by atoms with Crippen molar-refractivity contribution in [1.82, 2.24) is 0 Å². The van der Waals surface area contributed by atoms with Crippen LogP contribution in [0.1, 0.15) is 22.1 Å². The molecule has 2 rings (SSSR count). The van der Waals surface area contributed by atoms with Crippen LogP contribution in [-0.2, 0) is 6.42 Å². The van der Waals surface area contributed by atoms with Crippen LogP contribution in [-0.4, -0.2) is 7.11 Å². The molecule has 2 aromatic carbocycles. The smallest absolute Gasteiger partial charge is 0.129 e. The van der Waals surface area contributed by atoms with Gasteiger partial charge in [-0.3, -0.25) is 0 Å². The average molecular weight is 297 g/mol. The Bertz CT molecular complexity index is 613. The van der Waals surface area contributed by atoms with E-state index in [1.54, 1.807) is 7.11 Å². The SMILES string of the molecule is COc1ccc(C)cc1C(Cl)Cc1ccc(F)cc1F. The Balaban J connectivity index is 2.27. The number of halogens is 3. The van der Waals surface area contributed by atoms with Crippen molar-refractivity contribution in [2.45, 2.75) is 18.7 Å². The third-order valence-electron chi connectivity index (χ3n) is 3.14. The summed E-state index contributed by atoms with van der Waals surface area (Å²) >= 11 is 6.37. The topological polar surface area (TPSA) is 9.23 Å². The molecule has 0 aliphatic carbocycles. The van der Waals surface area contributed by atoms with Crippen LogP contribution in [0.4, 0.5) is 8.78 Å². The normalized spacial score (nSPS) is 12.2. The Morgan fingerprint density at radius 3 is 2.55 bits per heavy atom. The minimum absolute atomic E-state index is 0.271. The zero-order chi connectivity index (χ0) is 14.7. The maximum atomic E-state index is 13.7. The highest BCUT2D eigenvalue weighted by Gasteiger charge is 2.16. The molecule has 0 radical (unpaired) electrons. The largest absolute Gasteiger partial charge is 0.496 e. The first kappa shape index (κ1) is 14.8. The van der Waals surface area contributed by atoms with Gasteiger partial charge in [-0.15, -0.1) is 11.6 Å². The van der Waals surface area contributed by atoms with Crippen LogP contribution in [0.5, 0.6) is 5.75 Å². The van der Waals surface area contributed by atoms with E-state index in [1.165, 1.54) is 12.1 Å². The quantitative estimate of drug-likeness (QED) is 0.736. The Kier molecular flexibility index (Phi) is 4.61. The van der Waals surface area contributed by atoms with Gasteiger partial charge in [-0.1, -0.05) is 23.8 Å². The second kappa shape index (κ2) is 6.23. The molecule has 20 heavy (non-hydrogen) atoms. The van der Waals surface area contributed by atoms with Crippen LogP contribution in [0.25, 0.3) is 0 Å². The number of benzene rings is 2. The first-order chi connectivity index (χ1) is 9.51. The van der Waals surface area contributed by atoms with Gasteiger partial charge in [0, 0.05) is 11.6 Å². The van der Waals surface area contributed by atoms with Gasteiger partial charge in [0.15, 0.2) is 0 Å². The Morgan fingerprint density at radius 2 is 1.90 bits per heavy atom. The van der Waals surface area contributed by atoms with E-state index in [0.717, 1.165) is 17.2 Å². The van der Waals surface area contributed by atoms with Gasteiger partial charge in [-0.2, -0.15) is 0 Å².